The molecule has 4 nitrogen and oxygen atoms in total. The van der Waals surface area contributed by atoms with Gasteiger partial charge in [-0.3, -0.25) is 9.59 Å². The van der Waals surface area contributed by atoms with Gasteiger partial charge in [0, 0.05) is 31.7 Å². The monoisotopic (exact) mass is 366 g/mol. The maximum atomic E-state index is 13.1. The number of likely N-dealkylation sites (tertiary alicyclic amines) is 1. The maximum absolute atomic E-state index is 13.1. The van der Waals surface area contributed by atoms with Crippen LogP contribution in [0.4, 0.5) is 4.39 Å². The summed E-state index contributed by atoms with van der Waals surface area (Å²) in [7, 11) is 0. The molecule has 0 spiro atoms. The van der Waals surface area contributed by atoms with Crippen molar-refractivity contribution < 1.29 is 14.0 Å². The Morgan fingerprint density at radius 3 is 2.44 bits per heavy atom. The van der Waals surface area contributed by atoms with Crippen molar-refractivity contribution in [2.45, 2.75) is 25.8 Å². The Morgan fingerprint density at radius 2 is 1.67 bits per heavy atom. The summed E-state index contributed by atoms with van der Waals surface area (Å²) in [4.78, 5) is 29.4. The number of amides is 2. The molecular weight excluding hydrogens is 343 g/mol. The van der Waals surface area contributed by atoms with E-state index >= 15 is 0 Å². The predicted molar refractivity (Wildman–Crippen MR) is 101 cm³/mol. The van der Waals surface area contributed by atoms with E-state index in [0.717, 1.165) is 25.8 Å². The minimum absolute atomic E-state index is 0.128. The molecule has 4 rings (SSSR count). The van der Waals surface area contributed by atoms with Gasteiger partial charge in [0.2, 0.25) is 5.91 Å². The van der Waals surface area contributed by atoms with Gasteiger partial charge in [-0.15, -0.1) is 0 Å². The number of fused-ring (bicyclic) bond motifs is 1. The first kappa shape index (κ1) is 17.7. The largest absolute Gasteiger partial charge is 0.338 e. The van der Waals surface area contributed by atoms with Crippen molar-refractivity contribution in [1.82, 2.24) is 9.80 Å². The van der Waals surface area contributed by atoms with E-state index in [1.54, 1.807) is 4.90 Å². The average molecular weight is 366 g/mol. The zero-order chi connectivity index (χ0) is 18.8. The molecule has 2 aromatic rings. The van der Waals surface area contributed by atoms with E-state index in [4.69, 9.17) is 0 Å². The maximum Gasteiger partial charge on any atom is 0.253 e. The van der Waals surface area contributed by atoms with Crippen LogP contribution >= 0.6 is 0 Å². The average Bonchev–Trinajstić information content (AvgIpc) is 2.73. The van der Waals surface area contributed by atoms with Crippen LogP contribution in [0.1, 0.15) is 34.3 Å². The summed E-state index contributed by atoms with van der Waals surface area (Å²) < 4.78 is 13.1. The molecule has 0 bridgehead atoms. The third-order valence-electron chi connectivity index (χ3n) is 5.59. The molecule has 2 aliphatic heterocycles. The standard InChI is InChI=1S/C22H23FN2O2/c23-20-9-7-17(8-10-20)21(26)24-12-3-6-19(15-24)22(27)25-13-11-16-4-1-2-5-18(16)14-25/h1-2,4-5,7-10,19H,3,6,11-15H2/t19-/m1/s1. The Kier molecular flexibility index (Phi) is 4.92. The molecule has 5 heteroatoms. The molecule has 0 aliphatic carbocycles. The Morgan fingerprint density at radius 1 is 0.926 bits per heavy atom. The van der Waals surface area contributed by atoms with Crippen molar-refractivity contribution in [2.24, 2.45) is 5.92 Å². The fraction of sp³-hybridized carbons (Fsp3) is 0.364. The van der Waals surface area contributed by atoms with Gasteiger partial charge in [-0.25, -0.2) is 4.39 Å². The molecule has 2 heterocycles. The Hall–Kier alpha value is -2.69. The van der Waals surface area contributed by atoms with Crippen LogP contribution in [-0.2, 0) is 17.8 Å². The number of nitrogens with zero attached hydrogens (tertiary/aromatic N) is 2. The van der Waals surface area contributed by atoms with Crippen molar-refractivity contribution in [3.8, 4) is 0 Å². The fourth-order valence-corrected chi connectivity index (χ4v) is 4.08. The van der Waals surface area contributed by atoms with Gasteiger partial charge in [0.15, 0.2) is 0 Å². The summed E-state index contributed by atoms with van der Waals surface area (Å²) in [5.74, 6) is -0.505. The van der Waals surface area contributed by atoms with Crippen molar-refractivity contribution in [3.05, 3.63) is 71.0 Å². The second-order valence-electron chi connectivity index (χ2n) is 7.38. The highest BCUT2D eigenvalue weighted by atomic mass is 19.1. The molecule has 0 unspecified atom stereocenters. The van der Waals surface area contributed by atoms with E-state index in [-0.39, 0.29) is 23.5 Å². The first-order valence-electron chi connectivity index (χ1n) is 9.52. The number of halogens is 1. The quantitative estimate of drug-likeness (QED) is 0.819. The van der Waals surface area contributed by atoms with Gasteiger partial charge in [0.25, 0.3) is 5.91 Å². The second-order valence-corrected chi connectivity index (χ2v) is 7.38. The predicted octanol–water partition coefficient (Wildman–Crippen LogP) is 3.26. The molecule has 0 saturated carbocycles. The minimum Gasteiger partial charge on any atom is -0.338 e. The lowest BCUT2D eigenvalue weighted by atomic mass is 9.93. The lowest BCUT2D eigenvalue weighted by Crippen LogP contribution is -2.47. The molecule has 0 radical (unpaired) electrons. The van der Waals surface area contributed by atoms with Crippen molar-refractivity contribution in [1.29, 1.82) is 0 Å². The van der Waals surface area contributed by atoms with Crippen LogP contribution in [0.3, 0.4) is 0 Å². The molecule has 2 aliphatic rings. The molecule has 0 N–H and O–H groups in total. The van der Waals surface area contributed by atoms with Crippen LogP contribution in [0.5, 0.6) is 0 Å². The highest BCUT2D eigenvalue weighted by Crippen LogP contribution is 2.25. The fourth-order valence-electron chi connectivity index (χ4n) is 4.08. The van der Waals surface area contributed by atoms with E-state index in [1.807, 2.05) is 17.0 Å². The zero-order valence-corrected chi connectivity index (χ0v) is 15.2. The molecule has 2 aromatic carbocycles. The van der Waals surface area contributed by atoms with Crippen molar-refractivity contribution >= 4 is 11.8 Å². The Labute approximate surface area is 158 Å². The van der Waals surface area contributed by atoms with Gasteiger partial charge in [-0.05, 0) is 54.7 Å². The summed E-state index contributed by atoms with van der Waals surface area (Å²) in [5, 5.41) is 0. The highest BCUT2D eigenvalue weighted by Gasteiger charge is 2.32. The number of benzene rings is 2. The van der Waals surface area contributed by atoms with Crippen LogP contribution in [-0.4, -0.2) is 41.2 Å². The van der Waals surface area contributed by atoms with E-state index < -0.39 is 0 Å². The van der Waals surface area contributed by atoms with Crippen LogP contribution in [0.2, 0.25) is 0 Å². The van der Waals surface area contributed by atoms with Crippen LogP contribution in [0.25, 0.3) is 0 Å². The molecule has 1 atom stereocenters. The number of carbonyl (C=O) groups is 2. The van der Waals surface area contributed by atoms with Gasteiger partial charge in [-0.1, -0.05) is 24.3 Å². The van der Waals surface area contributed by atoms with E-state index in [0.29, 0.717) is 25.2 Å². The van der Waals surface area contributed by atoms with Gasteiger partial charge >= 0.3 is 0 Å². The topological polar surface area (TPSA) is 40.6 Å². The summed E-state index contributed by atoms with van der Waals surface area (Å²) in [6.45, 7) is 2.46. The number of hydrogen-bond donors (Lipinski definition) is 0. The molecule has 0 aromatic heterocycles. The van der Waals surface area contributed by atoms with Gasteiger partial charge in [-0.2, -0.15) is 0 Å². The summed E-state index contributed by atoms with van der Waals surface area (Å²) in [6.07, 6.45) is 2.50. The van der Waals surface area contributed by atoms with E-state index in [2.05, 4.69) is 12.1 Å². The SMILES string of the molecule is O=C(c1ccc(F)cc1)N1CCC[C@@H](C(=O)N2CCc3ccccc3C2)C1. The van der Waals surface area contributed by atoms with Crippen molar-refractivity contribution in [2.75, 3.05) is 19.6 Å². The highest BCUT2D eigenvalue weighted by molar-refractivity contribution is 5.94. The molecule has 1 fully saturated rings. The first-order chi connectivity index (χ1) is 13.1. The number of carbonyl (C=O) groups excluding carboxylic acids is 2. The van der Waals surface area contributed by atoms with Gasteiger partial charge < -0.3 is 9.80 Å². The number of piperidine rings is 1. The lowest BCUT2D eigenvalue weighted by molar-refractivity contribution is -0.137. The third kappa shape index (κ3) is 3.72. The minimum atomic E-state index is -0.358. The van der Waals surface area contributed by atoms with Crippen LogP contribution in [0, 0.1) is 11.7 Å². The number of rotatable bonds is 2. The third-order valence-corrected chi connectivity index (χ3v) is 5.59. The zero-order valence-electron chi connectivity index (χ0n) is 15.2. The summed E-state index contributed by atoms with van der Waals surface area (Å²) in [6, 6.07) is 13.9. The molecule has 2 amide bonds. The van der Waals surface area contributed by atoms with Crippen molar-refractivity contribution in [3.63, 3.8) is 0 Å². The van der Waals surface area contributed by atoms with Crippen LogP contribution < -0.4 is 0 Å². The molecule has 1 saturated heterocycles. The van der Waals surface area contributed by atoms with Crippen LogP contribution in [0.15, 0.2) is 48.5 Å². The van der Waals surface area contributed by atoms with Gasteiger partial charge in [0.1, 0.15) is 5.82 Å². The van der Waals surface area contributed by atoms with E-state index in [9.17, 15) is 14.0 Å². The van der Waals surface area contributed by atoms with Gasteiger partial charge in [0.05, 0.1) is 5.92 Å². The van der Waals surface area contributed by atoms with E-state index in [1.165, 1.54) is 35.4 Å². The Bertz CT molecular complexity index is 850. The molecule has 27 heavy (non-hydrogen) atoms. The second kappa shape index (κ2) is 7.51. The summed E-state index contributed by atoms with van der Waals surface area (Å²) >= 11 is 0. The normalized spacial score (nSPS) is 19.5. The lowest BCUT2D eigenvalue weighted by Gasteiger charge is -2.36. The Balaban J connectivity index is 1.43. The molecule has 140 valence electrons. The smallest absolute Gasteiger partial charge is 0.253 e. The molecular formula is C22H23FN2O2. The first-order valence-corrected chi connectivity index (χ1v) is 9.52. The summed E-state index contributed by atoms with van der Waals surface area (Å²) in [5.41, 5.74) is 3.00. The number of hydrogen-bond acceptors (Lipinski definition) is 2.